The van der Waals surface area contributed by atoms with Crippen molar-refractivity contribution in [3.05, 3.63) is 34.4 Å². The van der Waals surface area contributed by atoms with Gasteiger partial charge in [-0.1, -0.05) is 86.8 Å². The molecule has 1 aromatic rings. The van der Waals surface area contributed by atoms with E-state index in [1.165, 1.54) is 49.3 Å². The molecule has 226 valence electrons. The van der Waals surface area contributed by atoms with Crippen LogP contribution in [0.2, 0.25) is 0 Å². The maximum Gasteiger partial charge on any atom is 0.163 e. The van der Waals surface area contributed by atoms with Gasteiger partial charge in [-0.05, 0) is 104 Å². The van der Waals surface area contributed by atoms with Gasteiger partial charge in [-0.15, -0.1) is 0 Å². The molecule has 0 radical (unpaired) electrons. The Kier molecular flexibility index (Phi) is 12.8. The number of hydrogen-bond acceptors (Lipinski definition) is 3. The lowest BCUT2D eigenvalue weighted by molar-refractivity contribution is -0.129. The molecule has 0 heterocycles. The molecule has 0 spiro atoms. The fourth-order valence-electron chi connectivity index (χ4n) is 8.52. The van der Waals surface area contributed by atoms with Gasteiger partial charge in [0.1, 0.15) is 11.6 Å². The second-order valence-corrected chi connectivity index (χ2v) is 14.9. The second-order valence-electron chi connectivity index (χ2n) is 14.9. The van der Waals surface area contributed by atoms with E-state index in [1.54, 1.807) is 0 Å². The molecular weight excluding hydrogens is 492 g/mol. The monoisotopic (exact) mass is 552 g/mol. The van der Waals surface area contributed by atoms with Gasteiger partial charge in [0.25, 0.3) is 0 Å². The van der Waals surface area contributed by atoms with Crippen molar-refractivity contribution in [3.8, 4) is 0 Å². The molecule has 0 N–H and O–H groups in total. The van der Waals surface area contributed by atoms with E-state index in [2.05, 4.69) is 74.4 Å². The predicted octanol–water partition coefficient (Wildman–Crippen LogP) is 9.93. The van der Waals surface area contributed by atoms with Crippen LogP contribution in [0.15, 0.2) is 12.1 Å². The largest absolute Gasteiger partial charge is 0.300 e. The summed E-state index contributed by atoms with van der Waals surface area (Å²) in [6, 6.07) is 4.53. The van der Waals surface area contributed by atoms with Gasteiger partial charge in [0.2, 0.25) is 0 Å². The fourth-order valence-corrected chi connectivity index (χ4v) is 8.52. The fraction of sp³-hybridized carbons (Fsp3) is 0.757. The molecule has 0 saturated heterocycles. The molecule has 3 rings (SSSR count). The Morgan fingerprint density at radius 3 is 2.08 bits per heavy atom. The van der Waals surface area contributed by atoms with Crippen molar-refractivity contribution in [2.24, 2.45) is 34.5 Å². The van der Waals surface area contributed by atoms with E-state index in [0.29, 0.717) is 23.2 Å². The van der Waals surface area contributed by atoms with Crippen LogP contribution >= 0.6 is 0 Å². The number of Topliss-reactive ketones (excluding diaryl/α,β-unsaturated/α-hetero) is 3. The van der Waals surface area contributed by atoms with Gasteiger partial charge in [0.05, 0.1) is 6.42 Å². The smallest absolute Gasteiger partial charge is 0.163 e. The first kappa shape index (κ1) is 34.4. The number of benzene rings is 1. The molecule has 0 aliphatic heterocycles. The van der Waals surface area contributed by atoms with Crippen molar-refractivity contribution >= 4 is 17.3 Å². The Labute approximate surface area is 246 Å². The van der Waals surface area contributed by atoms with Crippen LogP contribution in [0.1, 0.15) is 154 Å². The van der Waals surface area contributed by atoms with Crippen LogP contribution in [0, 0.1) is 41.4 Å². The first-order valence-electron chi connectivity index (χ1n) is 16.3. The van der Waals surface area contributed by atoms with Gasteiger partial charge in [-0.3, -0.25) is 14.4 Å². The third kappa shape index (κ3) is 9.66. The molecule has 3 nitrogen and oxygen atoms in total. The summed E-state index contributed by atoms with van der Waals surface area (Å²) < 4.78 is 0. The number of carbonyl (C=O) groups excluding carboxylic acids is 3. The standard InChI is InChI=1S/C34H52O3.C3H8/c1-9-11-27(29(10-2)30(36)14-22(3)35)15-24-16-28-13-12-26(23(4)32(28)31(37)18-24)17-25-19-33(5,6)21-34(7,8)20-25;1-3-2/h12-13,24-25,27,29H,9-11,14-21H2,1-8H3;3H2,1-2H3. The van der Waals surface area contributed by atoms with Crippen LogP contribution in [0.3, 0.4) is 0 Å². The molecule has 3 atom stereocenters. The molecule has 1 fully saturated rings. The minimum absolute atomic E-state index is 0.0441. The van der Waals surface area contributed by atoms with Crippen LogP contribution in [-0.4, -0.2) is 17.3 Å². The molecule has 3 unspecified atom stereocenters. The van der Waals surface area contributed by atoms with Gasteiger partial charge in [-0.25, -0.2) is 0 Å². The highest BCUT2D eigenvalue weighted by Gasteiger charge is 2.39. The third-order valence-electron chi connectivity index (χ3n) is 9.21. The summed E-state index contributed by atoms with van der Waals surface area (Å²) in [6.45, 7) is 21.8. The van der Waals surface area contributed by atoms with Gasteiger partial charge in [-0.2, -0.15) is 0 Å². The molecule has 0 bridgehead atoms. The summed E-state index contributed by atoms with van der Waals surface area (Å²) in [7, 11) is 0. The van der Waals surface area contributed by atoms with Gasteiger partial charge in [0.15, 0.2) is 5.78 Å². The van der Waals surface area contributed by atoms with E-state index < -0.39 is 0 Å². The van der Waals surface area contributed by atoms with Crippen molar-refractivity contribution < 1.29 is 14.4 Å². The van der Waals surface area contributed by atoms with Gasteiger partial charge >= 0.3 is 0 Å². The van der Waals surface area contributed by atoms with Crippen molar-refractivity contribution in [1.29, 1.82) is 0 Å². The van der Waals surface area contributed by atoms with E-state index in [1.807, 2.05) is 0 Å². The lowest BCUT2D eigenvalue weighted by atomic mass is 9.60. The zero-order valence-electron chi connectivity index (χ0n) is 27.7. The molecule has 1 saturated carbocycles. The van der Waals surface area contributed by atoms with Crippen molar-refractivity contribution in [2.45, 2.75) is 146 Å². The van der Waals surface area contributed by atoms with E-state index >= 15 is 0 Å². The lowest BCUT2D eigenvalue weighted by Gasteiger charge is -2.45. The van der Waals surface area contributed by atoms with Crippen LogP contribution in [-0.2, 0) is 22.4 Å². The van der Waals surface area contributed by atoms with Crippen molar-refractivity contribution in [1.82, 2.24) is 0 Å². The molecule has 0 amide bonds. The van der Waals surface area contributed by atoms with Crippen molar-refractivity contribution in [2.75, 3.05) is 0 Å². The average molecular weight is 553 g/mol. The third-order valence-corrected chi connectivity index (χ3v) is 9.21. The Balaban J connectivity index is 0.00000178. The number of carbonyl (C=O) groups is 3. The van der Waals surface area contributed by atoms with Crippen LogP contribution in [0.4, 0.5) is 0 Å². The normalized spacial score (nSPS) is 21.6. The number of hydrogen-bond donors (Lipinski definition) is 0. The predicted molar refractivity (Wildman–Crippen MR) is 169 cm³/mol. The van der Waals surface area contributed by atoms with E-state index in [9.17, 15) is 14.4 Å². The van der Waals surface area contributed by atoms with Crippen molar-refractivity contribution in [3.63, 3.8) is 0 Å². The average Bonchev–Trinajstić information content (AvgIpc) is 2.79. The van der Waals surface area contributed by atoms with Gasteiger partial charge < -0.3 is 0 Å². The molecule has 40 heavy (non-hydrogen) atoms. The minimum Gasteiger partial charge on any atom is -0.300 e. The Morgan fingerprint density at radius 1 is 0.950 bits per heavy atom. The number of fused-ring (bicyclic) bond motifs is 1. The molecule has 0 aromatic heterocycles. The highest BCUT2D eigenvalue weighted by Crippen LogP contribution is 2.49. The van der Waals surface area contributed by atoms with E-state index in [4.69, 9.17) is 0 Å². The molecule has 2 aliphatic rings. The summed E-state index contributed by atoms with van der Waals surface area (Å²) in [5, 5.41) is 0. The van der Waals surface area contributed by atoms with Crippen LogP contribution < -0.4 is 0 Å². The molecular formula is C37H60O3. The van der Waals surface area contributed by atoms with E-state index in [-0.39, 0.29) is 41.5 Å². The zero-order valence-corrected chi connectivity index (χ0v) is 27.7. The summed E-state index contributed by atoms with van der Waals surface area (Å²) in [5.74, 6) is 1.44. The first-order valence-corrected chi connectivity index (χ1v) is 16.3. The maximum atomic E-state index is 13.5. The SMILES string of the molecule is CCC.CCCC(CC1CC(=O)c2c(ccc(CC3CC(C)(C)CC(C)(C)C3)c2C)C1)C(CC)C(=O)CC(C)=O. The first-order chi connectivity index (χ1) is 18.7. The van der Waals surface area contributed by atoms with Crippen LogP contribution in [0.5, 0.6) is 0 Å². The number of ketones is 3. The second kappa shape index (κ2) is 14.9. The molecule has 1 aromatic carbocycles. The maximum absolute atomic E-state index is 13.5. The van der Waals surface area contributed by atoms with E-state index in [0.717, 1.165) is 44.1 Å². The lowest BCUT2D eigenvalue weighted by Crippen LogP contribution is -2.34. The summed E-state index contributed by atoms with van der Waals surface area (Å²) in [4.78, 5) is 38.0. The zero-order chi connectivity index (χ0) is 30.3. The minimum atomic E-state index is -0.0755. The Morgan fingerprint density at radius 2 is 1.55 bits per heavy atom. The number of rotatable bonds is 11. The topological polar surface area (TPSA) is 51.2 Å². The Bertz CT molecular complexity index is 998. The molecule has 3 heteroatoms. The van der Waals surface area contributed by atoms with Gasteiger partial charge in [0, 0.05) is 17.9 Å². The highest BCUT2D eigenvalue weighted by molar-refractivity contribution is 6.00. The highest BCUT2D eigenvalue weighted by atomic mass is 16.1. The summed E-state index contributed by atoms with van der Waals surface area (Å²) in [5.41, 5.74) is 5.48. The molecule has 2 aliphatic carbocycles. The summed E-state index contributed by atoms with van der Waals surface area (Å²) >= 11 is 0. The Hall–Kier alpha value is -1.77. The quantitative estimate of drug-likeness (QED) is 0.257. The summed E-state index contributed by atoms with van der Waals surface area (Å²) in [6.07, 6.45) is 11.3. The van der Waals surface area contributed by atoms with Crippen LogP contribution in [0.25, 0.3) is 0 Å².